The smallest absolute Gasteiger partial charge is 0.420 e. The summed E-state index contributed by atoms with van der Waals surface area (Å²) in [4.78, 5) is 40.0. The molecule has 0 aliphatic rings. The summed E-state index contributed by atoms with van der Waals surface area (Å²) in [5.41, 5.74) is -0.574. The Morgan fingerprint density at radius 1 is 0.886 bits per heavy atom. The van der Waals surface area contributed by atoms with Gasteiger partial charge in [0.05, 0.1) is 13.7 Å². The van der Waals surface area contributed by atoms with E-state index in [0.717, 1.165) is 5.39 Å². The minimum atomic E-state index is -1.42. The van der Waals surface area contributed by atoms with Gasteiger partial charge in [-0.3, -0.25) is 0 Å². The van der Waals surface area contributed by atoms with Crippen molar-refractivity contribution in [3.8, 4) is 0 Å². The summed E-state index contributed by atoms with van der Waals surface area (Å²) >= 11 is 0. The van der Waals surface area contributed by atoms with Gasteiger partial charge in [-0.15, -0.1) is 0 Å². The van der Waals surface area contributed by atoms with Crippen LogP contribution in [0.2, 0.25) is 0 Å². The Balaban J connectivity index is 2.17. The lowest BCUT2D eigenvalue weighted by molar-refractivity contribution is -0.147. The first-order valence-corrected chi connectivity index (χ1v) is 11.2. The highest BCUT2D eigenvalue weighted by atomic mass is 19.1. The van der Waals surface area contributed by atoms with E-state index < -0.39 is 41.2 Å². The summed E-state index contributed by atoms with van der Waals surface area (Å²) in [5, 5.41) is 1.39. The molecule has 8 nitrogen and oxygen atoms in total. The van der Waals surface area contributed by atoms with Crippen LogP contribution in [0, 0.1) is 5.82 Å². The van der Waals surface area contributed by atoms with Crippen LogP contribution in [0.1, 0.15) is 41.5 Å². The van der Waals surface area contributed by atoms with Gasteiger partial charge in [-0.05, 0) is 65.8 Å². The van der Waals surface area contributed by atoms with Crippen LogP contribution in [0.5, 0.6) is 0 Å². The fourth-order valence-corrected chi connectivity index (χ4v) is 3.74. The average Bonchev–Trinajstić information content (AvgIpc) is 3.03. The van der Waals surface area contributed by atoms with E-state index in [1.165, 1.54) is 19.2 Å². The lowest BCUT2D eigenvalue weighted by atomic mass is 10.1. The minimum Gasteiger partial charge on any atom is -0.467 e. The Bertz CT molecular complexity index is 1240. The van der Waals surface area contributed by atoms with Crippen LogP contribution in [0.25, 0.3) is 21.8 Å². The molecule has 1 aromatic heterocycles. The fourth-order valence-electron chi connectivity index (χ4n) is 3.74. The molecule has 0 aliphatic carbocycles. The van der Waals surface area contributed by atoms with Gasteiger partial charge < -0.3 is 18.8 Å². The second-order valence-electron chi connectivity index (χ2n) is 10.2. The van der Waals surface area contributed by atoms with E-state index >= 15 is 0 Å². The van der Waals surface area contributed by atoms with Gasteiger partial charge in [0.25, 0.3) is 0 Å². The highest BCUT2D eigenvalue weighted by Gasteiger charge is 2.41. The highest BCUT2D eigenvalue weighted by molar-refractivity contribution is 6.08. The van der Waals surface area contributed by atoms with E-state index in [1.807, 2.05) is 18.2 Å². The number of rotatable bonds is 4. The van der Waals surface area contributed by atoms with Crippen LogP contribution in [-0.2, 0) is 25.5 Å². The lowest BCUT2D eigenvalue weighted by Gasteiger charge is -2.32. The summed E-state index contributed by atoms with van der Waals surface area (Å²) in [5.74, 6) is -1.25. The number of fused-ring (bicyclic) bond motifs is 3. The van der Waals surface area contributed by atoms with Crippen molar-refractivity contribution in [2.24, 2.45) is 0 Å². The molecule has 0 unspecified atom stereocenters. The number of benzene rings is 2. The predicted octanol–water partition coefficient (Wildman–Crippen LogP) is 5.65. The van der Waals surface area contributed by atoms with Gasteiger partial charge in [-0.2, -0.15) is 4.90 Å². The predicted molar refractivity (Wildman–Crippen MR) is 130 cm³/mol. The first-order valence-electron chi connectivity index (χ1n) is 11.2. The van der Waals surface area contributed by atoms with Crippen LogP contribution < -0.4 is 0 Å². The van der Waals surface area contributed by atoms with Crippen molar-refractivity contribution in [2.75, 3.05) is 7.11 Å². The second kappa shape index (κ2) is 9.56. The number of carbonyl (C=O) groups is 3. The highest BCUT2D eigenvalue weighted by Crippen LogP contribution is 2.31. The molecule has 0 spiro atoms. The topological polar surface area (TPSA) is 87.1 Å². The maximum absolute atomic E-state index is 14.1. The Kier molecular flexibility index (Phi) is 7.10. The van der Waals surface area contributed by atoms with E-state index in [4.69, 9.17) is 14.2 Å². The molecule has 0 N–H and O–H groups in total. The zero-order chi connectivity index (χ0) is 26.1. The number of amides is 2. The number of carbonyl (C=O) groups excluding carboxylic acids is 3. The van der Waals surface area contributed by atoms with Gasteiger partial charge in [0.1, 0.15) is 17.0 Å². The third-order valence-electron chi connectivity index (χ3n) is 5.06. The van der Waals surface area contributed by atoms with Crippen LogP contribution >= 0.6 is 0 Å². The number of ether oxygens (including phenoxy) is 3. The zero-order valence-electron chi connectivity index (χ0n) is 21.0. The maximum Gasteiger partial charge on any atom is 0.420 e. The Hall–Kier alpha value is -3.62. The summed E-state index contributed by atoms with van der Waals surface area (Å²) in [6.45, 7) is 9.71. The standard InChI is InChI=1S/C26H31FN2O6/c1-25(2,3)34-23(31)29(24(32)35-26(4,5)6)21(22(30)33-7)15-28-19-11-9-8-10-17(19)18-14-16(27)12-13-20(18)28/h8-14,21H,15H2,1-7H3/t21-/m0/s1. The van der Waals surface area contributed by atoms with Crippen molar-refractivity contribution >= 4 is 40.0 Å². The van der Waals surface area contributed by atoms with E-state index in [0.29, 0.717) is 21.3 Å². The van der Waals surface area contributed by atoms with E-state index in [2.05, 4.69) is 0 Å². The molecule has 3 aromatic rings. The summed E-state index contributed by atoms with van der Waals surface area (Å²) in [7, 11) is 1.17. The molecule has 3 rings (SSSR count). The SMILES string of the molecule is COC(=O)[C@H](Cn1c2ccccc2c2cc(F)ccc21)N(C(=O)OC(C)(C)C)C(=O)OC(C)(C)C. The molecule has 0 bridgehead atoms. The number of hydrogen-bond acceptors (Lipinski definition) is 6. The molecule has 188 valence electrons. The van der Waals surface area contributed by atoms with E-state index in [9.17, 15) is 18.8 Å². The maximum atomic E-state index is 14.1. The van der Waals surface area contributed by atoms with Crippen molar-refractivity contribution in [3.63, 3.8) is 0 Å². The van der Waals surface area contributed by atoms with Gasteiger partial charge in [0.15, 0.2) is 6.04 Å². The van der Waals surface area contributed by atoms with Crippen LogP contribution in [0.4, 0.5) is 14.0 Å². The second-order valence-corrected chi connectivity index (χ2v) is 10.2. The zero-order valence-corrected chi connectivity index (χ0v) is 21.0. The Morgan fingerprint density at radius 3 is 1.97 bits per heavy atom. The molecule has 0 saturated heterocycles. The first-order chi connectivity index (χ1) is 16.2. The van der Waals surface area contributed by atoms with Gasteiger partial charge in [0, 0.05) is 21.8 Å². The van der Waals surface area contributed by atoms with E-state index in [1.54, 1.807) is 58.2 Å². The van der Waals surface area contributed by atoms with Gasteiger partial charge in [0.2, 0.25) is 0 Å². The number of aromatic nitrogens is 1. The number of esters is 1. The normalized spacial score (nSPS) is 12.9. The average molecular weight is 487 g/mol. The number of nitrogens with zero attached hydrogens (tertiary/aromatic N) is 2. The molecule has 35 heavy (non-hydrogen) atoms. The fraction of sp³-hybridized carbons (Fsp3) is 0.423. The summed E-state index contributed by atoms with van der Waals surface area (Å²) in [6.07, 6.45) is -2.09. The lowest BCUT2D eigenvalue weighted by Crippen LogP contribution is -2.53. The largest absolute Gasteiger partial charge is 0.467 e. The summed E-state index contributed by atoms with van der Waals surface area (Å²) < 4.78 is 31.7. The van der Waals surface area contributed by atoms with Crippen molar-refractivity contribution in [1.29, 1.82) is 0 Å². The van der Waals surface area contributed by atoms with Crippen molar-refractivity contribution < 1.29 is 33.0 Å². The van der Waals surface area contributed by atoms with Gasteiger partial charge in [-0.1, -0.05) is 18.2 Å². The van der Waals surface area contributed by atoms with E-state index in [-0.39, 0.29) is 6.54 Å². The molecule has 0 fully saturated rings. The molecule has 0 radical (unpaired) electrons. The number of methoxy groups -OCH3 is 1. The Morgan fingerprint density at radius 2 is 1.43 bits per heavy atom. The third-order valence-corrected chi connectivity index (χ3v) is 5.06. The van der Waals surface area contributed by atoms with Gasteiger partial charge >= 0.3 is 18.2 Å². The molecule has 0 saturated carbocycles. The number of hydrogen-bond donors (Lipinski definition) is 0. The number of imide groups is 1. The minimum absolute atomic E-state index is 0.166. The molecular formula is C26H31FN2O6. The van der Waals surface area contributed by atoms with Crippen molar-refractivity contribution in [2.45, 2.75) is 65.3 Å². The molecule has 1 heterocycles. The molecule has 2 aromatic carbocycles. The molecule has 1 atom stereocenters. The van der Waals surface area contributed by atoms with Crippen LogP contribution in [-0.4, -0.2) is 52.0 Å². The quantitative estimate of drug-likeness (QED) is 0.350. The number of halogens is 1. The number of para-hydroxylation sites is 1. The molecule has 2 amide bonds. The molecule has 9 heteroatoms. The molecular weight excluding hydrogens is 455 g/mol. The molecule has 0 aliphatic heterocycles. The van der Waals surface area contributed by atoms with Crippen LogP contribution in [0.15, 0.2) is 42.5 Å². The van der Waals surface area contributed by atoms with Crippen molar-refractivity contribution in [1.82, 2.24) is 9.47 Å². The Labute approximate surface area is 203 Å². The monoisotopic (exact) mass is 486 g/mol. The van der Waals surface area contributed by atoms with Crippen molar-refractivity contribution in [3.05, 3.63) is 48.3 Å². The van der Waals surface area contributed by atoms with Crippen LogP contribution in [0.3, 0.4) is 0 Å². The first kappa shape index (κ1) is 26.0. The third kappa shape index (κ3) is 5.90. The summed E-state index contributed by atoms with van der Waals surface area (Å²) in [6, 6.07) is 10.2. The van der Waals surface area contributed by atoms with Gasteiger partial charge in [-0.25, -0.2) is 18.8 Å².